The van der Waals surface area contributed by atoms with Crippen molar-refractivity contribution in [1.82, 2.24) is 5.32 Å². The van der Waals surface area contributed by atoms with E-state index >= 15 is 0 Å². The predicted molar refractivity (Wildman–Crippen MR) is 110 cm³/mol. The Morgan fingerprint density at radius 3 is 2.24 bits per heavy atom. The molecule has 0 aliphatic carbocycles. The molecular formula is C20H21BrN2O6. The van der Waals surface area contributed by atoms with Crippen molar-refractivity contribution >= 4 is 39.4 Å². The van der Waals surface area contributed by atoms with E-state index in [2.05, 4.69) is 26.6 Å². The fourth-order valence-electron chi connectivity index (χ4n) is 2.45. The van der Waals surface area contributed by atoms with Gasteiger partial charge in [-0.25, -0.2) is 4.79 Å². The summed E-state index contributed by atoms with van der Waals surface area (Å²) in [5, 5.41) is 5.10. The predicted octanol–water partition coefficient (Wildman–Crippen LogP) is 2.69. The van der Waals surface area contributed by atoms with Crippen molar-refractivity contribution in [2.24, 2.45) is 0 Å². The molecule has 0 unspecified atom stereocenters. The van der Waals surface area contributed by atoms with Crippen LogP contribution in [0.25, 0.3) is 0 Å². The molecule has 0 bridgehead atoms. The first-order chi connectivity index (χ1) is 13.8. The lowest BCUT2D eigenvalue weighted by molar-refractivity contribution is -0.126. The highest BCUT2D eigenvalue weighted by atomic mass is 79.9. The van der Waals surface area contributed by atoms with Crippen molar-refractivity contribution in [3.8, 4) is 11.5 Å². The summed E-state index contributed by atoms with van der Waals surface area (Å²) in [4.78, 5) is 36.2. The van der Waals surface area contributed by atoms with Crippen LogP contribution in [0.2, 0.25) is 0 Å². The first-order valence-electron chi connectivity index (χ1n) is 8.56. The molecule has 2 aromatic carbocycles. The van der Waals surface area contributed by atoms with Gasteiger partial charge in [-0.2, -0.15) is 0 Å². The minimum absolute atomic E-state index is 0.0776. The van der Waals surface area contributed by atoms with Gasteiger partial charge in [-0.15, -0.1) is 0 Å². The lowest BCUT2D eigenvalue weighted by Crippen LogP contribution is -2.35. The molecule has 29 heavy (non-hydrogen) atoms. The Labute approximate surface area is 176 Å². The number of benzene rings is 2. The monoisotopic (exact) mass is 464 g/mol. The van der Waals surface area contributed by atoms with E-state index in [1.54, 1.807) is 30.3 Å². The van der Waals surface area contributed by atoms with Crippen LogP contribution in [-0.4, -0.2) is 45.2 Å². The minimum atomic E-state index is -0.774. The molecule has 0 aromatic heterocycles. The highest BCUT2D eigenvalue weighted by molar-refractivity contribution is 9.10. The normalized spacial score (nSPS) is 10.1. The Morgan fingerprint density at radius 1 is 1.00 bits per heavy atom. The van der Waals surface area contributed by atoms with Crippen LogP contribution < -0.4 is 20.1 Å². The Kier molecular flexibility index (Phi) is 8.02. The molecule has 2 N–H and O–H groups in total. The Hall–Kier alpha value is -3.07. The van der Waals surface area contributed by atoms with Gasteiger partial charge in [0.15, 0.2) is 6.61 Å². The summed E-state index contributed by atoms with van der Waals surface area (Å²) in [5.74, 6) is -1.27. The summed E-state index contributed by atoms with van der Waals surface area (Å²) in [6.07, 6.45) is 0. The topological polar surface area (TPSA) is 103 Å². The average Bonchev–Trinajstić information content (AvgIpc) is 2.71. The second kappa shape index (κ2) is 10.5. The maximum atomic E-state index is 12.3. The second-order valence-electron chi connectivity index (χ2n) is 5.90. The van der Waals surface area contributed by atoms with E-state index in [1.165, 1.54) is 14.2 Å². The highest BCUT2D eigenvalue weighted by Crippen LogP contribution is 2.28. The van der Waals surface area contributed by atoms with Crippen molar-refractivity contribution in [3.63, 3.8) is 0 Å². The van der Waals surface area contributed by atoms with E-state index in [-0.39, 0.29) is 23.6 Å². The number of halogens is 1. The Morgan fingerprint density at radius 2 is 1.66 bits per heavy atom. The average molecular weight is 465 g/mol. The number of ether oxygens (including phenoxy) is 3. The van der Waals surface area contributed by atoms with Crippen LogP contribution in [-0.2, 0) is 14.3 Å². The maximum Gasteiger partial charge on any atom is 0.346 e. The number of carbonyl (C=O) groups is 3. The van der Waals surface area contributed by atoms with Crippen molar-refractivity contribution in [2.45, 2.75) is 6.92 Å². The smallest absolute Gasteiger partial charge is 0.346 e. The molecule has 2 rings (SSSR count). The van der Waals surface area contributed by atoms with Crippen molar-refractivity contribution in [2.75, 3.05) is 32.7 Å². The summed E-state index contributed by atoms with van der Waals surface area (Å²) < 4.78 is 16.2. The minimum Gasteiger partial charge on any atom is -0.496 e. The summed E-state index contributed by atoms with van der Waals surface area (Å²) >= 11 is 3.35. The van der Waals surface area contributed by atoms with Crippen LogP contribution in [0.3, 0.4) is 0 Å². The van der Waals surface area contributed by atoms with Crippen LogP contribution in [0.4, 0.5) is 5.69 Å². The lowest BCUT2D eigenvalue weighted by atomic mass is 10.2. The zero-order valence-corrected chi connectivity index (χ0v) is 17.8. The third-order valence-electron chi connectivity index (χ3n) is 3.87. The summed E-state index contributed by atoms with van der Waals surface area (Å²) in [5.41, 5.74) is 1.59. The van der Waals surface area contributed by atoms with E-state index < -0.39 is 24.4 Å². The number of hydrogen-bond donors (Lipinski definition) is 2. The van der Waals surface area contributed by atoms with Crippen LogP contribution in [0.5, 0.6) is 11.5 Å². The fraction of sp³-hybridized carbons (Fsp3) is 0.250. The molecule has 0 spiro atoms. The quantitative estimate of drug-likeness (QED) is 0.582. The van der Waals surface area contributed by atoms with Crippen LogP contribution in [0.15, 0.2) is 40.9 Å². The van der Waals surface area contributed by atoms with Crippen LogP contribution in [0, 0.1) is 6.92 Å². The molecule has 0 saturated carbocycles. The summed E-state index contributed by atoms with van der Waals surface area (Å²) in [6.45, 7) is 1.04. The molecule has 9 heteroatoms. The first-order valence-corrected chi connectivity index (χ1v) is 9.35. The molecule has 8 nitrogen and oxygen atoms in total. The molecule has 0 aliphatic heterocycles. The number of aryl methyl sites for hydroxylation is 1. The standard InChI is InChI=1S/C20H21BrN2O6/c1-12-9-13(21)7-8-14(12)23-17(24)10-22-18(25)11-29-20(26)19-15(27-2)5-4-6-16(19)28-3/h4-9H,10-11H2,1-3H3,(H,22,25)(H,23,24). The molecule has 0 saturated heterocycles. The van der Waals surface area contributed by atoms with E-state index in [0.717, 1.165) is 10.0 Å². The molecule has 154 valence electrons. The van der Waals surface area contributed by atoms with Crippen molar-refractivity contribution in [1.29, 1.82) is 0 Å². The van der Waals surface area contributed by atoms with E-state index in [0.29, 0.717) is 5.69 Å². The van der Waals surface area contributed by atoms with Gasteiger partial charge in [0.25, 0.3) is 5.91 Å². The van der Waals surface area contributed by atoms with E-state index in [4.69, 9.17) is 14.2 Å². The fourth-order valence-corrected chi connectivity index (χ4v) is 2.92. The van der Waals surface area contributed by atoms with Crippen molar-refractivity contribution < 1.29 is 28.6 Å². The molecule has 0 aliphatic rings. The van der Waals surface area contributed by atoms with Gasteiger partial charge in [0.05, 0.1) is 20.8 Å². The largest absolute Gasteiger partial charge is 0.496 e. The zero-order valence-electron chi connectivity index (χ0n) is 16.2. The second-order valence-corrected chi connectivity index (χ2v) is 6.81. The van der Waals surface area contributed by atoms with Gasteiger partial charge in [-0.05, 0) is 42.8 Å². The Balaban J connectivity index is 1.85. The van der Waals surface area contributed by atoms with Crippen LogP contribution in [0.1, 0.15) is 15.9 Å². The number of esters is 1. The number of nitrogens with one attached hydrogen (secondary N) is 2. The molecular weight excluding hydrogens is 444 g/mol. The number of methoxy groups -OCH3 is 2. The lowest BCUT2D eigenvalue weighted by Gasteiger charge is -2.12. The SMILES string of the molecule is COc1cccc(OC)c1C(=O)OCC(=O)NCC(=O)Nc1ccc(Br)cc1C. The third kappa shape index (κ3) is 6.21. The van der Waals surface area contributed by atoms with E-state index in [1.807, 2.05) is 13.0 Å². The van der Waals surface area contributed by atoms with Gasteiger partial charge in [0, 0.05) is 10.2 Å². The van der Waals surface area contributed by atoms with Gasteiger partial charge in [-0.1, -0.05) is 22.0 Å². The molecule has 0 radical (unpaired) electrons. The number of rotatable bonds is 8. The van der Waals surface area contributed by atoms with Crippen molar-refractivity contribution in [3.05, 3.63) is 52.0 Å². The first kappa shape index (κ1) is 22.2. The summed E-state index contributed by atoms with van der Waals surface area (Å²) in [6, 6.07) is 10.2. The molecule has 0 atom stereocenters. The molecule has 0 heterocycles. The maximum absolute atomic E-state index is 12.3. The van der Waals surface area contributed by atoms with Gasteiger partial charge in [0.1, 0.15) is 17.1 Å². The van der Waals surface area contributed by atoms with Crippen LogP contribution >= 0.6 is 15.9 Å². The Bertz CT molecular complexity index is 894. The molecule has 2 aromatic rings. The van der Waals surface area contributed by atoms with Gasteiger partial charge < -0.3 is 24.8 Å². The third-order valence-corrected chi connectivity index (χ3v) is 4.37. The van der Waals surface area contributed by atoms with Gasteiger partial charge in [0.2, 0.25) is 5.91 Å². The summed E-state index contributed by atoms with van der Waals surface area (Å²) in [7, 11) is 2.81. The van der Waals surface area contributed by atoms with Gasteiger partial charge in [-0.3, -0.25) is 9.59 Å². The van der Waals surface area contributed by atoms with Gasteiger partial charge >= 0.3 is 5.97 Å². The number of anilines is 1. The molecule has 2 amide bonds. The van der Waals surface area contributed by atoms with E-state index in [9.17, 15) is 14.4 Å². The number of amides is 2. The number of hydrogen-bond acceptors (Lipinski definition) is 6. The zero-order chi connectivity index (χ0) is 21.4. The highest BCUT2D eigenvalue weighted by Gasteiger charge is 2.20. The number of carbonyl (C=O) groups excluding carboxylic acids is 3. The molecule has 0 fully saturated rings.